The molecule has 6 nitrogen and oxygen atoms in total. The Morgan fingerprint density at radius 3 is 2.80 bits per heavy atom. The summed E-state index contributed by atoms with van der Waals surface area (Å²) in [7, 11) is 1.70. The standard InChI is InChI=1S/C14H26N2O4/c1-3-4-7-12(13(17)18)15-14(19)16(2)9-11-6-5-8-20-10-11/h11-12H,3-10H2,1-2H3,(H,15,19)(H,17,18)/t11?,12-/m0/s1. The molecule has 0 aromatic rings. The molecule has 1 unspecified atom stereocenters. The third-order valence-electron chi connectivity index (χ3n) is 3.58. The summed E-state index contributed by atoms with van der Waals surface area (Å²) >= 11 is 0. The second-order valence-electron chi connectivity index (χ2n) is 5.45. The number of nitrogens with one attached hydrogen (secondary N) is 1. The second kappa shape index (κ2) is 8.79. The van der Waals surface area contributed by atoms with Gasteiger partial charge in [-0.2, -0.15) is 0 Å². The van der Waals surface area contributed by atoms with Gasteiger partial charge in [-0.25, -0.2) is 9.59 Å². The monoisotopic (exact) mass is 286 g/mol. The van der Waals surface area contributed by atoms with E-state index in [-0.39, 0.29) is 6.03 Å². The molecule has 0 spiro atoms. The Morgan fingerprint density at radius 2 is 2.25 bits per heavy atom. The minimum atomic E-state index is -0.971. The number of hydrogen-bond donors (Lipinski definition) is 2. The summed E-state index contributed by atoms with van der Waals surface area (Å²) in [6.45, 7) is 4.07. The van der Waals surface area contributed by atoms with Gasteiger partial charge < -0.3 is 20.1 Å². The average Bonchev–Trinajstić information content (AvgIpc) is 2.43. The molecule has 0 bridgehead atoms. The van der Waals surface area contributed by atoms with Crippen molar-refractivity contribution in [1.29, 1.82) is 0 Å². The maximum Gasteiger partial charge on any atom is 0.326 e. The molecule has 1 heterocycles. The number of hydrogen-bond acceptors (Lipinski definition) is 3. The summed E-state index contributed by atoms with van der Waals surface area (Å²) < 4.78 is 5.38. The fourth-order valence-electron chi connectivity index (χ4n) is 2.35. The molecule has 2 N–H and O–H groups in total. The van der Waals surface area contributed by atoms with Crippen LogP contribution in [-0.2, 0) is 9.53 Å². The minimum Gasteiger partial charge on any atom is -0.480 e. The molecule has 0 radical (unpaired) electrons. The van der Waals surface area contributed by atoms with Crippen LogP contribution in [0, 0.1) is 5.92 Å². The number of rotatable bonds is 7. The molecule has 1 aliphatic rings. The average molecular weight is 286 g/mol. The van der Waals surface area contributed by atoms with Crippen LogP contribution in [0.2, 0.25) is 0 Å². The van der Waals surface area contributed by atoms with Crippen molar-refractivity contribution in [2.24, 2.45) is 5.92 Å². The van der Waals surface area contributed by atoms with Crippen LogP contribution >= 0.6 is 0 Å². The van der Waals surface area contributed by atoms with Gasteiger partial charge in [0.2, 0.25) is 0 Å². The molecule has 0 aromatic carbocycles. The molecule has 0 saturated carbocycles. The molecule has 1 aliphatic heterocycles. The zero-order valence-corrected chi connectivity index (χ0v) is 12.4. The van der Waals surface area contributed by atoms with Gasteiger partial charge in [0.05, 0.1) is 6.61 Å². The van der Waals surface area contributed by atoms with Crippen LogP contribution in [0.25, 0.3) is 0 Å². The lowest BCUT2D eigenvalue weighted by atomic mass is 10.0. The van der Waals surface area contributed by atoms with Gasteiger partial charge in [-0.1, -0.05) is 19.8 Å². The molecule has 116 valence electrons. The van der Waals surface area contributed by atoms with Crippen molar-refractivity contribution in [3.63, 3.8) is 0 Å². The molecule has 2 amide bonds. The SMILES string of the molecule is CCCC[C@H](NC(=O)N(C)CC1CCCOC1)C(=O)O. The van der Waals surface area contributed by atoms with Gasteiger partial charge in [0.25, 0.3) is 0 Å². The molecule has 2 atom stereocenters. The summed E-state index contributed by atoms with van der Waals surface area (Å²) in [6.07, 6.45) is 4.24. The number of urea groups is 1. The zero-order chi connectivity index (χ0) is 15.0. The number of carbonyl (C=O) groups excluding carboxylic acids is 1. The van der Waals surface area contributed by atoms with Gasteiger partial charge in [0.1, 0.15) is 6.04 Å². The van der Waals surface area contributed by atoms with E-state index in [4.69, 9.17) is 9.84 Å². The van der Waals surface area contributed by atoms with Crippen LogP contribution in [0.4, 0.5) is 4.79 Å². The van der Waals surface area contributed by atoms with Crippen LogP contribution < -0.4 is 5.32 Å². The first kappa shape index (κ1) is 16.8. The Hall–Kier alpha value is -1.30. The zero-order valence-electron chi connectivity index (χ0n) is 12.4. The molecule has 1 rings (SSSR count). The summed E-state index contributed by atoms with van der Waals surface area (Å²) in [5, 5.41) is 11.7. The highest BCUT2D eigenvalue weighted by Crippen LogP contribution is 2.14. The molecule has 1 fully saturated rings. The highest BCUT2D eigenvalue weighted by molar-refractivity contribution is 5.82. The lowest BCUT2D eigenvalue weighted by Gasteiger charge is -2.28. The van der Waals surface area contributed by atoms with Gasteiger partial charge >= 0.3 is 12.0 Å². The van der Waals surface area contributed by atoms with Crippen molar-refractivity contribution in [3.8, 4) is 0 Å². The predicted octanol–water partition coefficient (Wildman–Crippen LogP) is 1.70. The Labute approximate surface area is 120 Å². The normalized spacial score (nSPS) is 20.2. The fourth-order valence-corrected chi connectivity index (χ4v) is 2.35. The van der Waals surface area contributed by atoms with Crippen molar-refractivity contribution in [2.75, 3.05) is 26.8 Å². The van der Waals surface area contributed by atoms with E-state index in [9.17, 15) is 9.59 Å². The number of amides is 2. The number of ether oxygens (including phenoxy) is 1. The molecule has 20 heavy (non-hydrogen) atoms. The molecule has 0 aliphatic carbocycles. The maximum atomic E-state index is 12.0. The number of carbonyl (C=O) groups is 2. The summed E-state index contributed by atoms with van der Waals surface area (Å²) in [5.74, 6) is -0.625. The number of carboxylic acids is 1. The van der Waals surface area contributed by atoms with Crippen LogP contribution in [0.5, 0.6) is 0 Å². The van der Waals surface area contributed by atoms with Crippen LogP contribution in [0.3, 0.4) is 0 Å². The lowest BCUT2D eigenvalue weighted by Crippen LogP contribution is -2.48. The van der Waals surface area contributed by atoms with Crippen molar-refractivity contribution >= 4 is 12.0 Å². The minimum absolute atomic E-state index is 0.320. The van der Waals surface area contributed by atoms with E-state index in [0.29, 0.717) is 25.5 Å². The first-order valence-electron chi connectivity index (χ1n) is 7.36. The van der Waals surface area contributed by atoms with E-state index >= 15 is 0 Å². The second-order valence-corrected chi connectivity index (χ2v) is 5.45. The number of unbranched alkanes of at least 4 members (excludes halogenated alkanes) is 1. The Kier molecular flexibility index (Phi) is 7.36. The van der Waals surface area contributed by atoms with E-state index < -0.39 is 12.0 Å². The number of aliphatic carboxylic acids is 1. The van der Waals surface area contributed by atoms with Crippen molar-refractivity contribution < 1.29 is 19.4 Å². The largest absolute Gasteiger partial charge is 0.480 e. The highest BCUT2D eigenvalue weighted by Gasteiger charge is 2.23. The molecule has 6 heteroatoms. The smallest absolute Gasteiger partial charge is 0.326 e. The van der Waals surface area contributed by atoms with E-state index in [0.717, 1.165) is 32.3 Å². The van der Waals surface area contributed by atoms with Gasteiger partial charge in [-0.3, -0.25) is 0 Å². The van der Waals surface area contributed by atoms with Crippen molar-refractivity contribution in [1.82, 2.24) is 10.2 Å². The van der Waals surface area contributed by atoms with E-state index in [1.807, 2.05) is 6.92 Å². The van der Waals surface area contributed by atoms with Crippen LogP contribution in [-0.4, -0.2) is 54.9 Å². The van der Waals surface area contributed by atoms with Crippen molar-refractivity contribution in [3.05, 3.63) is 0 Å². The Bertz CT molecular complexity index is 316. The highest BCUT2D eigenvalue weighted by atomic mass is 16.5. The number of nitrogens with zero attached hydrogens (tertiary/aromatic N) is 1. The third-order valence-corrected chi connectivity index (χ3v) is 3.58. The maximum absolute atomic E-state index is 12.0. The predicted molar refractivity (Wildman–Crippen MR) is 75.7 cm³/mol. The third kappa shape index (κ3) is 5.77. The molecule has 1 saturated heterocycles. The lowest BCUT2D eigenvalue weighted by molar-refractivity contribution is -0.139. The first-order chi connectivity index (χ1) is 9.54. The Morgan fingerprint density at radius 1 is 1.50 bits per heavy atom. The van der Waals surface area contributed by atoms with E-state index in [2.05, 4.69) is 5.32 Å². The topological polar surface area (TPSA) is 78.9 Å². The number of carboxylic acid groups (broad SMARTS) is 1. The molecular weight excluding hydrogens is 260 g/mol. The quantitative estimate of drug-likeness (QED) is 0.746. The van der Waals surface area contributed by atoms with E-state index in [1.54, 1.807) is 11.9 Å². The Balaban J connectivity index is 2.39. The molecule has 0 aromatic heterocycles. The summed E-state index contributed by atoms with van der Waals surface area (Å²) in [6, 6.07) is -1.12. The first-order valence-corrected chi connectivity index (χ1v) is 7.36. The van der Waals surface area contributed by atoms with Crippen LogP contribution in [0.1, 0.15) is 39.0 Å². The molecular formula is C14H26N2O4. The van der Waals surface area contributed by atoms with E-state index in [1.165, 1.54) is 0 Å². The van der Waals surface area contributed by atoms with Crippen LogP contribution in [0.15, 0.2) is 0 Å². The summed E-state index contributed by atoms with van der Waals surface area (Å²) in [5.41, 5.74) is 0. The van der Waals surface area contributed by atoms with Gasteiger partial charge in [0, 0.05) is 26.1 Å². The van der Waals surface area contributed by atoms with Crippen molar-refractivity contribution in [2.45, 2.75) is 45.1 Å². The van der Waals surface area contributed by atoms with Gasteiger partial charge in [0.15, 0.2) is 0 Å². The summed E-state index contributed by atoms with van der Waals surface area (Å²) in [4.78, 5) is 24.7. The van der Waals surface area contributed by atoms with Gasteiger partial charge in [-0.05, 0) is 19.3 Å². The van der Waals surface area contributed by atoms with Gasteiger partial charge in [-0.15, -0.1) is 0 Å². The fraction of sp³-hybridized carbons (Fsp3) is 0.857.